The smallest absolute Gasteiger partial charge is 0.226 e. The number of hydrogen-bond donors (Lipinski definition) is 1. The summed E-state index contributed by atoms with van der Waals surface area (Å²) < 4.78 is 0. The topological polar surface area (TPSA) is 49.6 Å². The van der Waals surface area contributed by atoms with Crippen molar-refractivity contribution in [3.8, 4) is 0 Å². The molecule has 0 aliphatic carbocycles. The second-order valence-corrected chi connectivity index (χ2v) is 3.90. The van der Waals surface area contributed by atoms with Gasteiger partial charge in [-0.2, -0.15) is 0 Å². The van der Waals surface area contributed by atoms with E-state index in [0.717, 1.165) is 19.5 Å². The standard InChI is InChI=1S/C10H23N3O/c1-5-9(8-11)10(14)13(4)7-6-12(2)3/h9H,5-8,11H2,1-4H3. The summed E-state index contributed by atoms with van der Waals surface area (Å²) in [6.07, 6.45) is 0.821. The fourth-order valence-corrected chi connectivity index (χ4v) is 1.21. The van der Waals surface area contributed by atoms with Gasteiger partial charge in [0, 0.05) is 26.7 Å². The molecule has 0 saturated carbocycles. The molecule has 0 bridgehead atoms. The van der Waals surface area contributed by atoms with E-state index in [2.05, 4.69) is 4.90 Å². The quantitative estimate of drug-likeness (QED) is 0.657. The van der Waals surface area contributed by atoms with Crippen molar-refractivity contribution in [2.45, 2.75) is 13.3 Å². The first-order chi connectivity index (χ1) is 6.52. The van der Waals surface area contributed by atoms with Gasteiger partial charge >= 0.3 is 0 Å². The number of nitrogens with zero attached hydrogens (tertiary/aromatic N) is 2. The second-order valence-electron chi connectivity index (χ2n) is 3.90. The van der Waals surface area contributed by atoms with E-state index in [1.54, 1.807) is 4.90 Å². The maximum Gasteiger partial charge on any atom is 0.226 e. The average molecular weight is 201 g/mol. The van der Waals surface area contributed by atoms with Gasteiger partial charge in [-0.25, -0.2) is 0 Å². The van der Waals surface area contributed by atoms with E-state index in [9.17, 15) is 4.79 Å². The summed E-state index contributed by atoms with van der Waals surface area (Å²) >= 11 is 0. The molecular weight excluding hydrogens is 178 g/mol. The minimum absolute atomic E-state index is 0.0119. The lowest BCUT2D eigenvalue weighted by Crippen LogP contribution is -2.39. The monoisotopic (exact) mass is 201 g/mol. The van der Waals surface area contributed by atoms with Crippen molar-refractivity contribution in [1.29, 1.82) is 0 Å². The first-order valence-corrected chi connectivity index (χ1v) is 5.12. The van der Waals surface area contributed by atoms with Gasteiger partial charge in [0.1, 0.15) is 0 Å². The molecule has 1 atom stereocenters. The van der Waals surface area contributed by atoms with Crippen LogP contribution in [0.25, 0.3) is 0 Å². The van der Waals surface area contributed by atoms with E-state index >= 15 is 0 Å². The minimum atomic E-state index is -0.0119. The lowest BCUT2D eigenvalue weighted by Gasteiger charge is -2.23. The Morgan fingerprint density at radius 1 is 1.29 bits per heavy atom. The fourth-order valence-electron chi connectivity index (χ4n) is 1.21. The molecule has 84 valence electrons. The third-order valence-electron chi connectivity index (χ3n) is 2.39. The zero-order valence-corrected chi connectivity index (χ0v) is 9.79. The summed E-state index contributed by atoms with van der Waals surface area (Å²) in [6.45, 7) is 4.10. The van der Waals surface area contributed by atoms with Gasteiger partial charge in [-0.05, 0) is 20.5 Å². The molecule has 0 radical (unpaired) electrons. The molecule has 0 heterocycles. The number of nitrogens with two attached hydrogens (primary N) is 1. The van der Waals surface area contributed by atoms with Crippen LogP contribution in [-0.2, 0) is 4.79 Å². The molecule has 0 aliphatic heterocycles. The largest absolute Gasteiger partial charge is 0.344 e. The molecule has 0 fully saturated rings. The van der Waals surface area contributed by atoms with Crippen LogP contribution in [-0.4, -0.2) is 56.5 Å². The highest BCUT2D eigenvalue weighted by Crippen LogP contribution is 2.04. The van der Waals surface area contributed by atoms with Gasteiger partial charge in [0.25, 0.3) is 0 Å². The molecule has 4 heteroatoms. The Labute approximate surface area is 87.0 Å². The fraction of sp³-hybridized carbons (Fsp3) is 0.900. The summed E-state index contributed by atoms with van der Waals surface area (Å²) in [5, 5.41) is 0. The summed E-state index contributed by atoms with van der Waals surface area (Å²) in [7, 11) is 5.83. The number of carbonyl (C=O) groups excluding carboxylic acids is 1. The molecule has 0 aliphatic rings. The SMILES string of the molecule is CCC(CN)C(=O)N(C)CCN(C)C. The highest BCUT2D eigenvalue weighted by Gasteiger charge is 2.18. The van der Waals surface area contributed by atoms with Gasteiger partial charge in [0.05, 0.1) is 5.92 Å². The summed E-state index contributed by atoms with van der Waals surface area (Å²) in [4.78, 5) is 15.6. The van der Waals surface area contributed by atoms with Gasteiger partial charge in [-0.3, -0.25) is 4.79 Å². The maximum atomic E-state index is 11.7. The Bertz CT molecular complexity index is 167. The minimum Gasteiger partial charge on any atom is -0.344 e. The van der Waals surface area contributed by atoms with Gasteiger partial charge in [-0.15, -0.1) is 0 Å². The summed E-state index contributed by atoms with van der Waals surface area (Å²) in [5.41, 5.74) is 5.52. The Kier molecular flexibility index (Phi) is 6.49. The zero-order chi connectivity index (χ0) is 11.1. The normalized spacial score (nSPS) is 13.0. The molecule has 0 aromatic carbocycles. The highest BCUT2D eigenvalue weighted by molar-refractivity contribution is 5.78. The number of carbonyl (C=O) groups is 1. The molecule has 14 heavy (non-hydrogen) atoms. The Balaban J connectivity index is 3.97. The summed E-state index contributed by atoms with van der Waals surface area (Å²) in [5.74, 6) is 0.152. The maximum absolute atomic E-state index is 11.7. The van der Waals surface area contributed by atoms with E-state index in [-0.39, 0.29) is 11.8 Å². The van der Waals surface area contributed by atoms with Crippen LogP contribution in [0, 0.1) is 5.92 Å². The molecular formula is C10H23N3O. The van der Waals surface area contributed by atoms with Crippen LogP contribution in [0.5, 0.6) is 0 Å². The van der Waals surface area contributed by atoms with Crippen molar-refractivity contribution in [3.05, 3.63) is 0 Å². The first kappa shape index (κ1) is 13.4. The summed E-state index contributed by atoms with van der Waals surface area (Å²) in [6, 6.07) is 0. The molecule has 1 amide bonds. The van der Waals surface area contributed by atoms with Crippen molar-refractivity contribution in [2.75, 3.05) is 40.8 Å². The lowest BCUT2D eigenvalue weighted by molar-refractivity contribution is -0.134. The van der Waals surface area contributed by atoms with Crippen molar-refractivity contribution in [2.24, 2.45) is 11.7 Å². The van der Waals surface area contributed by atoms with Crippen LogP contribution in [0.1, 0.15) is 13.3 Å². The number of rotatable bonds is 6. The predicted octanol–water partition coefficient (Wildman–Crippen LogP) is -0.00870. The Hall–Kier alpha value is -0.610. The van der Waals surface area contributed by atoms with E-state index in [1.807, 2.05) is 28.1 Å². The predicted molar refractivity (Wildman–Crippen MR) is 59.0 cm³/mol. The van der Waals surface area contributed by atoms with Crippen molar-refractivity contribution < 1.29 is 4.79 Å². The zero-order valence-electron chi connectivity index (χ0n) is 9.79. The molecule has 0 aromatic heterocycles. The van der Waals surface area contributed by atoms with E-state index in [1.165, 1.54) is 0 Å². The van der Waals surface area contributed by atoms with Crippen LogP contribution >= 0.6 is 0 Å². The van der Waals surface area contributed by atoms with Crippen LogP contribution in [0.3, 0.4) is 0 Å². The number of likely N-dealkylation sites (N-methyl/N-ethyl adjacent to an activating group) is 2. The highest BCUT2D eigenvalue weighted by atomic mass is 16.2. The van der Waals surface area contributed by atoms with Crippen LogP contribution < -0.4 is 5.73 Å². The molecule has 0 rings (SSSR count). The Morgan fingerprint density at radius 2 is 1.86 bits per heavy atom. The lowest BCUT2D eigenvalue weighted by atomic mass is 10.1. The van der Waals surface area contributed by atoms with Gasteiger partial charge in [0.15, 0.2) is 0 Å². The van der Waals surface area contributed by atoms with Crippen LogP contribution in [0.4, 0.5) is 0 Å². The van der Waals surface area contributed by atoms with Gasteiger partial charge < -0.3 is 15.5 Å². The Morgan fingerprint density at radius 3 is 2.21 bits per heavy atom. The van der Waals surface area contributed by atoms with E-state index in [4.69, 9.17) is 5.73 Å². The number of hydrogen-bond acceptors (Lipinski definition) is 3. The molecule has 0 saturated heterocycles. The molecule has 2 N–H and O–H groups in total. The van der Waals surface area contributed by atoms with Gasteiger partial charge in [0.2, 0.25) is 5.91 Å². The third-order valence-corrected chi connectivity index (χ3v) is 2.39. The molecule has 1 unspecified atom stereocenters. The van der Waals surface area contributed by atoms with Crippen molar-refractivity contribution in [3.63, 3.8) is 0 Å². The molecule has 4 nitrogen and oxygen atoms in total. The average Bonchev–Trinajstić information content (AvgIpc) is 2.15. The second kappa shape index (κ2) is 6.79. The third kappa shape index (κ3) is 4.58. The molecule has 0 aromatic rings. The first-order valence-electron chi connectivity index (χ1n) is 5.12. The molecule has 0 spiro atoms. The van der Waals surface area contributed by atoms with E-state index in [0.29, 0.717) is 6.54 Å². The van der Waals surface area contributed by atoms with Crippen molar-refractivity contribution in [1.82, 2.24) is 9.80 Å². The number of amides is 1. The van der Waals surface area contributed by atoms with Gasteiger partial charge in [-0.1, -0.05) is 6.92 Å². The van der Waals surface area contributed by atoms with Crippen LogP contribution in [0.2, 0.25) is 0 Å². The van der Waals surface area contributed by atoms with E-state index < -0.39 is 0 Å². The van der Waals surface area contributed by atoms with Crippen LogP contribution in [0.15, 0.2) is 0 Å². The van der Waals surface area contributed by atoms with Crippen molar-refractivity contribution >= 4 is 5.91 Å².